The molecule has 1 radical (unpaired) electrons. The molecule has 0 aromatic rings. The van der Waals surface area contributed by atoms with E-state index in [0.717, 1.165) is 18.6 Å². The van der Waals surface area contributed by atoms with Crippen LogP contribution < -0.4 is 24.8 Å². The van der Waals surface area contributed by atoms with Gasteiger partial charge in [0.25, 0.3) is 0 Å². The molecule has 1 atom stereocenters. The molecule has 0 nitrogen and oxygen atoms in total. The smallest absolute Gasteiger partial charge is 1.00 e. The molecular formula is C24H37Cl2STi. The van der Waals surface area contributed by atoms with Crippen LogP contribution in [0.3, 0.4) is 0 Å². The molecule has 0 aliphatic heterocycles. The van der Waals surface area contributed by atoms with Crippen molar-refractivity contribution in [2.24, 2.45) is 16.2 Å². The third kappa shape index (κ3) is 5.85. The average Bonchev–Trinajstić information content (AvgIpc) is 3.00. The zero-order chi connectivity index (χ0) is 19.1. The van der Waals surface area contributed by atoms with E-state index >= 15 is 0 Å². The van der Waals surface area contributed by atoms with Crippen LogP contribution in [0.15, 0.2) is 41.0 Å². The van der Waals surface area contributed by atoms with Gasteiger partial charge in [-0.15, -0.1) is 18.2 Å². The van der Waals surface area contributed by atoms with Gasteiger partial charge < -0.3 is 24.8 Å². The van der Waals surface area contributed by atoms with Crippen molar-refractivity contribution in [2.45, 2.75) is 79.9 Å². The zero-order valence-corrected chi connectivity index (χ0v) is 23.0. The van der Waals surface area contributed by atoms with Crippen molar-refractivity contribution < 1.29 is 46.5 Å². The fourth-order valence-corrected chi connectivity index (χ4v) is 5.93. The Balaban J connectivity index is 0. The van der Waals surface area contributed by atoms with E-state index in [1.54, 1.807) is 5.57 Å². The van der Waals surface area contributed by atoms with Crippen LogP contribution in [0.4, 0.5) is 0 Å². The summed E-state index contributed by atoms with van der Waals surface area (Å²) >= 11 is 2.13. The Morgan fingerprint density at radius 2 is 1.57 bits per heavy atom. The Morgan fingerprint density at radius 1 is 1.00 bits per heavy atom. The summed E-state index contributed by atoms with van der Waals surface area (Å²) in [7, 11) is 0. The Bertz CT molecular complexity index is 642. The van der Waals surface area contributed by atoms with E-state index in [0.29, 0.717) is 0 Å². The molecule has 0 saturated heterocycles. The van der Waals surface area contributed by atoms with E-state index in [1.165, 1.54) is 11.1 Å². The van der Waals surface area contributed by atoms with E-state index in [9.17, 15) is 0 Å². The average molecular weight is 476 g/mol. The third-order valence-electron chi connectivity index (χ3n) is 5.79. The van der Waals surface area contributed by atoms with Crippen molar-refractivity contribution in [3.05, 3.63) is 47.1 Å². The first-order chi connectivity index (χ1) is 11.4. The maximum Gasteiger partial charge on any atom is 3.00 e. The van der Waals surface area contributed by atoms with Crippen molar-refractivity contribution in [2.75, 3.05) is 5.75 Å². The molecule has 2 rings (SSSR count). The van der Waals surface area contributed by atoms with Crippen LogP contribution in [0.25, 0.3) is 0 Å². The SMILES string of the molecule is CCSC1(C(C)(C)C2=[C-]CC=C2)CC=C(C(C)(C)C)C=C1C(C)(C)C.[Cl-].[Cl-].[Ti+3]. The topological polar surface area (TPSA) is 0 Å². The predicted molar refractivity (Wildman–Crippen MR) is 115 cm³/mol. The van der Waals surface area contributed by atoms with Gasteiger partial charge in [-0.1, -0.05) is 74.5 Å². The van der Waals surface area contributed by atoms with Gasteiger partial charge in [-0.2, -0.15) is 6.08 Å². The predicted octanol–water partition coefficient (Wildman–Crippen LogP) is 1.55. The number of halogens is 2. The summed E-state index contributed by atoms with van der Waals surface area (Å²) in [6.45, 7) is 21.3. The Morgan fingerprint density at radius 3 is 1.96 bits per heavy atom. The molecule has 0 heterocycles. The van der Waals surface area contributed by atoms with E-state index < -0.39 is 0 Å². The second-order valence-electron chi connectivity index (χ2n) is 10.0. The Labute approximate surface area is 206 Å². The van der Waals surface area contributed by atoms with E-state index in [2.05, 4.69) is 104 Å². The first-order valence-corrected chi connectivity index (χ1v) is 10.7. The van der Waals surface area contributed by atoms with Gasteiger partial charge in [0.05, 0.1) is 0 Å². The first-order valence-electron chi connectivity index (χ1n) is 9.71. The van der Waals surface area contributed by atoms with Gasteiger partial charge in [0.2, 0.25) is 0 Å². The van der Waals surface area contributed by atoms with Gasteiger partial charge in [0, 0.05) is 4.75 Å². The molecule has 0 fully saturated rings. The summed E-state index contributed by atoms with van der Waals surface area (Å²) in [5.74, 6) is 1.13. The van der Waals surface area contributed by atoms with Gasteiger partial charge in [-0.25, -0.2) is 11.6 Å². The minimum atomic E-state index is 0. The zero-order valence-electron chi connectivity index (χ0n) is 19.1. The molecule has 0 N–H and O–H groups in total. The number of hydrogen-bond donors (Lipinski definition) is 0. The third-order valence-corrected chi connectivity index (χ3v) is 7.47. The molecule has 157 valence electrons. The first kappa shape index (κ1) is 30.8. The summed E-state index contributed by atoms with van der Waals surface area (Å²) in [4.78, 5) is 0. The summed E-state index contributed by atoms with van der Waals surface area (Å²) in [5.41, 5.74) is 4.87. The van der Waals surface area contributed by atoms with Gasteiger partial charge in [-0.3, -0.25) is 6.08 Å². The maximum atomic E-state index is 3.64. The Kier molecular flexibility index (Phi) is 11.8. The van der Waals surface area contributed by atoms with Crippen LogP contribution in [-0.2, 0) is 21.7 Å². The van der Waals surface area contributed by atoms with Gasteiger partial charge >= 0.3 is 21.7 Å². The van der Waals surface area contributed by atoms with Crippen LogP contribution >= 0.6 is 11.8 Å². The summed E-state index contributed by atoms with van der Waals surface area (Å²) in [5, 5.41) is 0. The summed E-state index contributed by atoms with van der Waals surface area (Å²) in [6.07, 6.45) is 15.3. The standard InChI is InChI=1S/C24H37S.2ClH.Ti/c1-10-25-24(23(8,9)18-13-11-12-14-18)16-15-19(21(2,3)4)17-20(24)22(5,6)7;;;/h11,13,15,17H,10,12,16H2,1-9H3;2*1H;/q-1;;;+3/p-2. The van der Waals surface area contributed by atoms with Crippen molar-refractivity contribution in [3.8, 4) is 0 Å². The van der Waals surface area contributed by atoms with Crippen LogP contribution in [0.2, 0.25) is 0 Å². The normalized spacial score (nSPS) is 22.2. The van der Waals surface area contributed by atoms with Crippen molar-refractivity contribution in [1.82, 2.24) is 0 Å². The molecule has 28 heavy (non-hydrogen) atoms. The molecule has 0 aromatic heterocycles. The number of allylic oxidation sites excluding steroid dienone is 7. The van der Waals surface area contributed by atoms with E-state index in [1.807, 2.05) is 0 Å². The van der Waals surface area contributed by atoms with Crippen molar-refractivity contribution >= 4 is 11.8 Å². The molecular weight excluding hydrogens is 439 g/mol. The second kappa shape index (κ2) is 10.8. The van der Waals surface area contributed by atoms with Gasteiger partial charge in [0.15, 0.2) is 0 Å². The van der Waals surface area contributed by atoms with Crippen LogP contribution in [-0.4, -0.2) is 10.5 Å². The summed E-state index contributed by atoms with van der Waals surface area (Å²) in [6, 6.07) is 0. The van der Waals surface area contributed by atoms with Gasteiger partial charge in [0.1, 0.15) is 0 Å². The molecule has 0 aromatic carbocycles. The quantitative estimate of drug-likeness (QED) is 0.439. The van der Waals surface area contributed by atoms with E-state index in [4.69, 9.17) is 0 Å². The fraction of sp³-hybridized carbons (Fsp3) is 0.667. The Hall–Kier alpha value is 0.604. The molecule has 2 aliphatic carbocycles. The molecule has 4 heteroatoms. The molecule has 0 bridgehead atoms. The fourth-order valence-electron chi connectivity index (χ4n) is 4.25. The number of rotatable bonds is 4. The van der Waals surface area contributed by atoms with Crippen molar-refractivity contribution in [1.29, 1.82) is 0 Å². The molecule has 1 unspecified atom stereocenters. The van der Waals surface area contributed by atoms with Crippen molar-refractivity contribution in [3.63, 3.8) is 0 Å². The monoisotopic (exact) mass is 475 g/mol. The van der Waals surface area contributed by atoms with E-state index in [-0.39, 0.29) is 67.5 Å². The number of thioether (sulfide) groups is 1. The largest absolute Gasteiger partial charge is 3.00 e. The summed E-state index contributed by atoms with van der Waals surface area (Å²) < 4.78 is 0.0891. The minimum absolute atomic E-state index is 0. The molecule has 0 saturated carbocycles. The number of hydrogen-bond acceptors (Lipinski definition) is 1. The molecule has 2 aliphatic rings. The minimum Gasteiger partial charge on any atom is -1.00 e. The maximum absolute atomic E-state index is 3.64. The van der Waals surface area contributed by atoms with Gasteiger partial charge in [-0.05, 0) is 39.6 Å². The second-order valence-corrected chi connectivity index (χ2v) is 11.6. The van der Waals surface area contributed by atoms with Crippen LogP contribution in [0.1, 0.15) is 75.2 Å². The molecule has 0 spiro atoms. The van der Waals surface area contributed by atoms with Crippen LogP contribution in [0.5, 0.6) is 0 Å². The van der Waals surface area contributed by atoms with Crippen LogP contribution in [0, 0.1) is 22.3 Å². The molecule has 0 amide bonds.